The molecule has 1 aromatic heterocycles. The minimum absolute atomic E-state index is 0.000312. The van der Waals surface area contributed by atoms with Crippen molar-refractivity contribution in [2.75, 3.05) is 32.8 Å². The first-order valence-corrected chi connectivity index (χ1v) is 8.68. The van der Waals surface area contributed by atoms with Crippen molar-refractivity contribution in [1.29, 1.82) is 0 Å². The van der Waals surface area contributed by atoms with Gasteiger partial charge in [0.2, 0.25) is 11.8 Å². The zero-order valence-corrected chi connectivity index (χ0v) is 14.8. The Morgan fingerprint density at radius 3 is 2.42 bits per heavy atom. The third-order valence-electron chi connectivity index (χ3n) is 4.18. The summed E-state index contributed by atoms with van der Waals surface area (Å²) >= 11 is 0. The van der Waals surface area contributed by atoms with Crippen LogP contribution in [-0.2, 0) is 4.79 Å². The van der Waals surface area contributed by atoms with Gasteiger partial charge in [0.25, 0.3) is 0 Å². The van der Waals surface area contributed by atoms with Crippen molar-refractivity contribution in [2.24, 2.45) is 0 Å². The fraction of sp³-hybridized carbons (Fsp3) is 0.444. The highest BCUT2D eigenvalue weighted by Crippen LogP contribution is 2.11. The van der Waals surface area contributed by atoms with Gasteiger partial charge in [0, 0.05) is 39.5 Å². The lowest BCUT2D eigenvalue weighted by atomic mass is 10.2. The molecule has 1 aliphatic rings. The zero-order chi connectivity index (χ0) is 18.4. The van der Waals surface area contributed by atoms with Gasteiger partial charge in [-0.15, -0.1) is 10.2 Å². The van der Waals surface area contributed by atoms with Crippen molar-refractivity contribution in [3.63, 3.8) is 0 Å². The van der Waals surface area contributed by atoms with Crippen LogP contribution in [0.3, 0.4) is 0 Å². The van der Waals surface area contributed by atoms with E-state index in [1.54, 1.807) is 16.7 Å². The molecule has 0 N–H and O–H groups in total. The van der Waals surface area contributed by atoms with Gasteiger partial charge in [0.15, 0.2) is 0 Å². The average Bonchev–Trinajstić information content (AvgIpc) is 3.12. The van der Waals surface area contributed by atoms with Crippen LogP contribution in [0, 0.1) is 6.92 Å². The molecule has 26 heavy (non-hydrogen) atoms. The van der Waals surface area contributed by atoms with Crippen LogP contribution in [0.4, 0.5) is 0 Å². The number of rotatable bonds is 6. The molecule has 1 saturated heterocycles. The van der Waals surface area contributed by atoms with Gasteiger partial charge in [-0.3, -0.25) is 9.59 Å². The van der Waals surface area contributed by atoms with Gasteiger partial charge >= 0.3 is 11.8 Å². The average molecular weight is 358 g/mol. The molecular formula is C18H22N4O4. The third kappa shape index (κ3) is 4.59. The molecular weight excluding hydrogens is 336 g/mol. The van der Waals surface area contributed by atoms with Crippen LogP contribution in [0.1, 0.15) is 29.4 Å². The topological polar surface area (TPSA) is 88.8 Å². The standard InChI is InChI=1S/C18H22N4O4/c1-14-19-20-17(26-14)18(24)22-11-9-21(10-12-22)16(23)8-5-13-25-15-6-3-2-4-7-15/h2-4,6-7H,5,8-13H2,1H3. The SMILES string of the molecule is Cc1nnc(C(=O)N2CCN(C(=O)CCCOc3ccccc3)CC2)o1. The zero-order valence-electron chi connectivity index (χ0n) is 14.8. The maximum Gasteiger partial charge on any atom is 0.311 e. The Hall–Kier alpha value is -2.90. The highest BCUT2D eigenvalue weighted by atomic mass is 16.5. The van der Waals surface area contributed by atoms with Crippen LogP contribution in [-0.4, -0.2) is 64.6 Å². The molecule has 0 aliphatic carbocycles. The number of aryl methyl sites for hydroxylation is 1. The van der Waals surface area contributed by atoms with Gasteiger partial charge < -0.3 is 19.0 Å². The molecule has 0 spiro atoms. The van der Waals surface area contributed by atoms with E-state index < -0.39 is 0 Å². The van der Waals surface area contributed by atoms with Crippen LogP contribution < -0.4 is 4.74 Å². The first kappa shape index (κ1) is 17.9. The summed E-state index contributed by atoms with van der Waals surface area (Å²) in [5, 5.41) is 7.42. The third-order valence-corrected chi connectivity index (χ3v) is 4.18. The van der Waals surface area contributed by atoms with Crippen LogP contribution in [0.25, 0.3) is 0 Å². The van der Waals surface area contributed by atoms with E-state index in [4.69, 9.17) is 9.15 Å². The second-order valence-corrected chi connectivity index (χ2v) is 6.06. The number of carbonyl (C=O) groups is 2. The van der Waals surface area contributed by atoms with Crippen molar-refractivity contribution in [1.82, 2.24) is 20.0 Å². The monoisotopic (exact) mass is 358 g/mol. The van der Waals surface area contributed by atoms with Crippen LogP contribution >= 0.6 is 0 Å². The lowest BCUT2D eigenvalue weighted by Crippen LogP contribution is -2.50. The molecule has 8 nitrogen and oxygen atoms in total. The molecule has 138 valence electrons. The lowest BCUT2D eigenvalue weighted by molar-refractivity contribution is -0.132. The molecule has 1 aliphatic heterocycles. The fourth-order valence-electron chi connectivity index (χ4n) is 2.77. The largest absolute Gasteiger partial charge is 0.494 e. The molecule has 1 fully saturated rings. The smallest absolute Gasteiger partial charge is 0.311 e. The fourth-order valence-corrected chi connectivity index (χ4v) is 2.77. The molecule has 0 radical (unpaired) electrons. The number of carbonyl (C=O) groups excluding carboxylic acids is 2. The number of piperazine rings is 1. The quantitative estimate of drug-likeness (QED) is 0.728. The second-order valence-electron chi connectivity index (χ2n) is 6.06. The van der Waals surface area contributed by atoms with Crippen molar-refractivity contribution in [3.05, 3.63) is 42.1 Å². The van der Waals surface area contributed by atoms with Gasteiger partial charge in [-0.2, -0.15) is 0 Å². The summed E-state index contributed by atoms with van der Waals surface area (Å²) in [6, 6.07) is 9.54. The van der Waals surface area contributed by atoms with Crippen LogP contribution in [0.15, 0.2) is 34.7 Å². The van der Waals surface area contributed by atoms with Gasteiger partial charge in [0.05, 0.1) is 6.61 Å². The predicted molar refractivity (Wildman–Crippen MR) is 92.7 cm³/mol. The van der Waals surface area contributed by atoms with Gasteiger partial charge in [-0.1, -0.05) is 18.2 Å². The summed E-state index contributed by atoms with van der Waals surface area (Å²) in [5.74, 6) is 0.972. The number of aromatic nitrogens is 2. The number of benzene rings is 1. The maximum atomic E-state index is 12.3. The Kier molecular flexibility index (Phi) is 5.83. The van der Waals surface area contributed by atoms with E-state index in [9.17, 15) is 9.59 Å². The Bertz CT molecular complexity index is 739. The summed E-state index contributed by atoms with van der Waals surface area (Å²) in [4.78, 5) is 27.9. The summed E-state index contributed by atoms with van der Waals surface area (Å²) in [5.41, 5.74) is 0. The van der Waals surface area contributed by atoms with Crippen molar-refractivity contribution in [2.45, 2.75) is 19.8 Å². The van der Waals surface area contributed by atoms with E-state index in [0.717, 1.165) is 5.75 Å². The van der Waals surface area contributed by atoms with Gasteiger partial charge in [-0.05, 0) is 18.6 Å². The van der Waals surface area contributed by atoms with E-state index in [1.165, 1.54) is 0 Å². The molecule has 3 rings (SSSR count). The van der Waals surface area contributed by atoms with E-state index in [1.807, 2.05) is 30.3 Å². The molecule has 2 heterocycles. The second kappa shape index (κ2) is 8.46. The van der Waals surface area contributed by atoms with Crippen LogP contribution in [0.5, 0.6) is 5.75 Å². The molecule has 0 bridgehead atoms. The Morgan fingerprint density at radius 2 is 1.77 bits per heavy atom. The predicted octanol–water partition coefficient (Wildman–Crippen LogP) is 1.52. The first-order chi connectivity index (χ1) is 12.6. The molecule has 1 aromatic carbocycles. The minimum Gasteiger partial charge on any atom is -0.494 e. The number of nitrogens with zero attached hydrogens (tertiary/aromatic N) is 4. The van der Waals surface area contributed by atoms with Crippen LogP contribution in [0.2, 0.25) is 0 Å². The van der Waals surface area contributed by atoms with Gasteiger partial charge in [0.1, 0.15) is 5.75 Å². The number of amides is 2. The molecule has 2 aromatic rings. The van der Waals surface area contributed by atoms with E-state index in [0.29, 0.717) is 51.5 Å². The minimum atomic E-state index is -0.283. The summed E-state index contributed by atoms with van der Waals surface area (Å²) in [6.45, 7) is 4.10. The van der Waals surface area contributed by atoms with E-state index in [-0.39, 0.29) is 17.7 Å². The Labute approximate surface area is 151 Å². The Morgan fingerprint density at radius 1 is 1.08 bits per heavy atom. The highest BCUT2D eigenvalue weighted by Gasteiger charge is 2.27. The lowest BCUT2D eigenvalue weighted by Gasteiger charge is -2.34. The summed E-state index contributed by atoms with van der Waals surface area (Å²) in [7, 11) is 0. The first-order valence-electron chi connectivity index (χ1n) is 8.68. The van der Waals surface area contributed by atoms with E-state index in [2.05, 4.69) is 10.2 Å². The number of hydrogen-bond acceptors (Lipinski definition) is 6. The number of ether oxygens (including phenoxy) is 1. The number of hydrogen-bond donors (Lipinski definition) is 0. The molecule has 0 saturated carbocycles. The summed E-state index contributed by atoms with van der Waals surface area (Å²) in [6.07, 6.45) is 1.10. The molecule has 0 unspecified atom stereocenters. The maximum absolute atomic E-state index is 12.3. The molecule has 8 heteroatoms. The van der Waals surface area contributed by atoms with E-state index >= 15 is 0 Å². The van der Waals surface area contributed by atoms with Crippen molar-refractivity contribution >= 4 is 11.8 Å². The normalized spacial score (nSPS) is 14.3. The van der Waals surface area contributed by atoms with Crippen molar-refractivity contribution in [3.8, 4) is 5.75 Å². The van der Waals surface area contributed by atoms with Crippen molar-refractivity contribution < 1.29 is 18.7 Å². The Balaban J connectivity index is 1.37. The molecule has 0 atom stereocenters. The molecule has 2 amide bonds. The van der Waals surface area contributed by atoms with Gasteiger partial charge in [-0.25, -0.2) is 0 Å². The highest BCUT2D eigenvalue weighted by molar-refractivity contribution is 5.89. The number of para-hydroxylation sites is 1. The summed E-state index contributed by atoms with van der Waals surface area (Å²) < 4.78 is 10.8.